The standard InChI is InChI=1S/C11H18N2O2/c1-4-14-8-9(2)15-10-5-6-13-11(7-10)12-3/h5-7,9H,4,8H2,1-3H3,(H,12,13). The third kappa shape index (κ3) is 4.16. The van der Waals surface area contributed by atoms with Crippen LogP contribution in [-0.4, -0.2) is 31.3 Å². The molecule has 1 rings (SSSR count). The third-order valence-corrected chi connectivity index (χ3v) is 1.88. The zero-order chi connectivity index (χ0) is 11.1. The van der Waals surface area contributed by atoms with Crippen molar-refractivity contribution in [1.29, 1.82) is 0 Å². The number of pyridine rings is 1. The molecule has 4 nitrogen and oxygen atoms in total. The highest BCUT2D eigenvalue weighted by Crippen LogP contribution is 2.15. The average molecular weight is 210 g/mol. The summed E-state index contributed by atoms with van der Waals surface area (Å²) in [6.07, 6.45) is 1.77. The number of anilines is 1. The highest BCUT2D eigenvalue weighted by molar-refractivity contribution is 5.39. The van der Waals surface area contributed by atoms with Crippen LogP contribution in [0.4, 0.5) is 5.82 Å². The first-order chi connectivity index (χ1) is 7.26. The van der Waals surface area contributed by atoms with Gasteiger partial charge in [-0.15, -0.1) is 0 Å². The van der Waals surface area contributed by atoms with Crippen LogP contribution in [-0.2, 0) is 4.74 Å². The molecule has 0 saturated carbocycles. The Morgan fingerprint density at radius 1 is 1.53 bits per heavy atom. The van der Waals surface area contributed by atoms with E-state index in [4.69, 9.17) is 9.47 Å². The van der Waals surface area contributed by atoms with Crippen molar-refractivity contribution >= 4 is 5.82 Å². The summed E-state index contributed by atoms with van der Waals surface area (Å²) >= 11 is 0. The molecule has 1 N–H and O–H groups in total. The molecule has 1 heterocycles. The van der Waals surface area contributed by atoms with Gasteiger partial charge in [-0.1, -0.05) is 0 Å². The molecule has 84 valence electrons. The molecule has 0 saturated heterocycles. The van der Waals surface area contributed by atoms with Gasteiger partial charge in [-0.2, -0.15) is 0 Å². The minimum atomic E-state index is 0.0528. The lowest BCUT2D eigenvalue weighted by atomic mass is 10.4. The van der Waals surface area contributed by atoms with Crippen LogP contribution in [0.3, 0.4) is 0 Å². The van der Waals surface area contributed by atoms with Crippen LogP contribution in [0.25, 0.3) is 0 Å². The predicted molar refractivity (Wildman–Crippen MR) is 60.4 cm³/mol. The largest absolute Gasteiger partial charge is 0.488 e. The molecular weight excluding hydrogens is 192 g/mol. The molecular formula is C11H18N2O2. The molecule has 0 aliphatic rings. The lowest BCUT2D eigenvalue weighted by molar-refractivity contribution is 0.0657. The summed E-state index contributed by atoms with van der Waals surface area (Å²) in [6, 6.07) is 3.70. The van der Waals surface area contributed by atoms with Crippen molar-refractivity contribution in [1.82, 2.24) is 4.98 Å². The van der Waals surface area contributed by atoms with E-state index >= 15 is 0 Å². The van der Waals surface area contributed by atoms with Gasteiger partial charge in [0, 0.05) is 25.9 Å². The van der Waals surface area contributed by atoms with E-state index in [9.17, 15) is 0 Å². The molecule has 0 radical (unpaired) electrons. The zero-order valence-electron chi connectivity index (χ0n) is 9.49. The lowest BCUT2D eigenvalue weighted by Gasteiger charge is -2.14. The van der Waals surface area contributed by atoms with E-state index in [-0.39, 0.29) is 6.10 Å². The Balaban J connectivity index is 2.48. The molecule has 1 unspecified atom stereocenters. The van der Waals surface area contributed by atoms with Gasteiger partial charge in [0.1, 0.15) is 17.7 Å². The van der Waals surface area contributed by atoms with E-state index in [1.54, 1.807) is 6.20 Å². The highest BCUT2D eigenvalue weighted by Gasteiger charge is 2.04. The van der Waals surface area contributed by atoms with Crippen LogP contribution < -0.4 is 10.1 Å². The maximum Gasteiger partial charge on any atom is 0.129 e. The van der Waals surface area contributed by atoms with Crippen molar-refractivity contribution in [3.05, 3.63) is 18.3 Å². The molecule has 0 aliphatic heterocycles. The Morgan fingerprint density at radius 3 is 3.00 bits per heavy atom. The van der Waals surface area contributed by atoms with Crippen molar-refractivity contribution < 1.29 is 9.47 Å². The van der Waals surface area contributed by atoms with E-state index < -0.39 is 0 Å². The molecule has 1 aromatic rings. The Labute approximate surface area is 90.6 Å². The smallest absolute Gasteiger partial charge is 0.129 e. The normalized spacial score (nSPS) is 12.2. The summed E-state index contributed by atoms with van der Waals surface area (Å²) in [7, 11) is 1.83. The van der Waals surface area contributed by atoms with Gasteiger partial charge in [0.05, 0.1) is 6.61 Å². The monoisotopic (exact) mass is 210 g/mol. The number of nitrogens with zero attached hydrogens (tertiary/aromatic N) is 1. The Hall–Kier alpha value is -1.29. The van der Waals surface area contributed by atoms with Gasteiger partial charge in [0.2, 0.25) is 0 Å². The van der Waals surface area contributed by atoms with Gasteiger partial charge in [-0.25, -0.2) is 4.98 Å². The minimum absolute atomic E-state index is 0.0528. The van der Waals surface area contributed by atoms with Gasteiger partial charge in [0.25, 0.3) is 0 Å². The second kappa shape index (κ2) is 6.24. The van der Waals surface area contributed by atoms with Crippen molar-refractivity contribution in [2.45, 2.75) is 20.0 Å². The molecule has 0 aromatic carbocycles. The highest BCUT2D eigenvalue weighted by atomic mass is 16.5. The minimum Gasteiger partial charge on any atom is -0.488 e. The van der Waals surface area contributed by atoms with Crippen LogP contribution >= 0.6 is 0 Å². The summed E-state index contributed by atoms with van der Waals surface area (Å²) in [5, 5.41) is 2.96. The number of rotatable bonds is 6. The molecule has 0 fully saturated rings. The van der Waals surface area contributed by atoms with Gasteiger partial charge in [0.15, 0.2) is 0 Å². The molecule has 1 aromatic heterocycles. The van der Waals surface area contributed by atoms with E-state index in [1.165, 1.54) is 0 Å². The second-order valence-electron chi connectivity index (χ2n) is 3.21. The number of ether oxygens (including phenoxy) is 2. The Bertz CT molecular complexity index is 292. The third-order valence-electron chi connectivity index (χ3n) is 1.88. The van der Waals surface area contributed by atoms with Crippen molar-refractivity contribution in [3.8, 4) is 5.75 Å². The first-order valence-corrected chi connectivity index (χ1v) is 5.14. The zero-order valence-corrected chi connectivity index (χ0v) is 9.49. The predicted octanol–water partition coefficient (Wildman–Crippen LogP) is 1.93. The quantitative estimate of drug-likeness (QED) is 0.779. The van der Waals surface area contributed by atoms with Crippen LogP contribution in [0.1, 0.15) is 13.8 Å². The molecule has 4 heteroatoms. The number of nitrogens with one attached hydrogen (secondary N) is 1. The van der Waals surface area contributed by atoms with Gasteiger partial charge < -0.3 is 14.8 Å². The lowest BCUT2D eigenvalue weighted by Crippen LogP contribution is -2.19. The maximum atomic E-state index is 5.65. The van der Waals surface area contributed by atoms with E-state index in [0.29, 0.717) is 13.2 Å². The van der Waals surface area contributed by atoms with Gasteiger partial charge in [-0.3, -0.25) is 0 Å². The average Bonchev–Trinajstić information content (AvgIpc) is 2.26. The van der Waals surface area contributed by atoms with Gasteiger partial charge >= 0.3 is 0 Å². The van der Waals surface area contributed by atoms with Crippen molar-refractivity contribution in [3.63, 3.8) is 0 Å². The van der Waals surface area contributed by atoms with Gasteiger partial charge in [-0.05, 0) is 19.9 Å². The van der Waals surface area contributed by atoms with Crippen LogP contribution in [0.15, 0.2) is 18.3 Å². The molecule has 0 aliphatic carbocycles. The number of hydrogen-bond acceptors (Lipinski definition) is 4. The fraction of sp³-hybridized carbons (Fsp3) is 0.545. The molecule has 0 spiro atoms. The second-order valence-corrected chi connectivity index (χ2v) is 3.21. The van der Waals surface area contributed by atoms with Crippen LogP contribution in [0.2, 0.25) is 0 Å². The summed E-state index contributed by atoms with van der Waals surface area (Å²) in [5.74, 6) is 1.61. The molecule has 0 bridgehead atoms. The fourth-order valence-corrected chi connectivity index (χ4v) is 1.17. The van der Waals surface area contributed by atoms with E-state index in [1.807, 2.05) is 33.0 Å². The summed E-state index contributed by atoms with van der Waals surface area (Å²) in [5.41, 5.74) is 0. The first-order valence-electron chi connectivity index (χ1n) is 5.14. The molecule has 0 amide bonds. The Morgan fingerprint density at radius 2 is 2.33 bits per heavy atom. The molecule has 15 heavy (non-hydrogen) atoms. The molecule has 1 atom stereocenters. The summed E-state index contributed by atoms with van der Waals surface area (Å²) in [6.45, 7) is 5.27. The maximum absolute atomic E-state index is 5.65. The topological polar surface area (TPSA) is 43.4 Å². The summed E-state index contributed by atoms with van der Waals surface area (Å²) in [4.78, 5) is 4.10. The number of aromatic nitrogens is 1. The Kier molecular flexibility index (Phi) is 4.90. The fourth-order valence-electron chi connectivity index (χ4n) is 1.17. The number of hydrogen-bond donors (Lipinski definition) is 1. The SMILES string of the molecule is CCOCC(C)Oc1ccnc(NC)c1. The summed E-state index contributed by atoms with van der Waals surface area (Å²) < 4.78 is 10.9. The van der Waals surface area contributed by atoms with Crippen LogP contribution in [0, 0.1) is 0 Å². The van der Waals surface area contributed by atoms with E-state index in [2.05, 4.69) is 10.3 Å². The van der Waals surface area contributed by atoms with Crippen LogP contribution in [0.5, 0.6) is 5.75 Å². The van der Waals surface area contributed by atoms with Crippen molar-refractivity contribution in [2.24, 2.45) is 0 Å². The van der Waals surface area contributed by atoms with Crippen molar-refractivity contribution in [2.75, 3.05) is 25.6 Å². The van der Waals surface area contributed by atoms with E-state index in [0.717, 1.165) is 11.6 Å². The first kappa shape index (κ1) is 11.8.